The molecule has 1 amide bonds. The van der Waals surface area contributed by atoms with E-state index in [0.717, 1.165) is 4.21 Å². The fourth-order valence-corrected chi connectivity index (χ4v) is 4.29. The lowest BCUT2D eigenvalue weighted by molar-refractivity contribution is -0.115. The molecule has 1 heterocycles. The molecule has 1 unspecified atom stereocenters. The maximum atomic E-state index is 11.9. The number of halogens is 2. The van der Waals surface area contributed by atoms with Gasteiger partial charge in [0.15, 0.2) is 0 Å². The molecule has 0 aliphatic heterocycles. The lowest BCUT2D eigenvalue weighted by atomic mass is 10.2. The van der Waals surface area contributed by atoms with Crippen LogP contribution in [0, 0.1) is 0 Å². The van der Waals surface area contributed by atoms with Crippen molar-refractivity contribution in [2.75, 3.05) is 16.8 Å². The van der Waals surface area contributed by atoms with E-state index in [0.29, 0.717) is 11.4 Å². The van der Waals surface area contributed by atoms with Crippen LogP contribution in [0.2, 0.25) is 10.0 Å². The Balaban J connectivity index is 1.95. The summed E-state index contributed by atoms with van der Waals surface area (Å²) in [6.45, 7) is 0. The largest absolute Gasteiger partial charge is 0.399 e. The van der Waals surface area contributed by atoms with Gasteiger partial charge in [-0.1, -0.05) is 29.3 Å². The summed E-state index contributed by atoms with van der Waals surface area (Å²) in [5, 5.41) is 5.01. The van der Waals surface area contributed by atoms with E-state index >= 15 is 0 Å². The summed E-state index contributed by atoms with van der Waals surface area (Å²) in [5.41, 5.74) is 6.33. The summed E-state index contributed by atoms with van der Waals surface area (Å²) in [6, 6.07) is 6.62. The number of carbonyl (C=O) groups is 1. The number of carbonyl (C=O) groups excluding carboxylic acids is 1. The fourth-order valence-electron chi connectivity index (χ4n) is 1.59. The van der Waals surface area contributed by atoms with E-state index in [1.807, 2.05) is 11.4 Å². The molecule has 0 saturated heterocycles. The second-order valence-corrected chi connectivity index (χ2v) is 7.70. The van der Waals surface area contributed by atoms with Crippen LogP contribution < -0.4 is 11.1 Å². The van der Waals surface area contributed by atoms with Gasteiger partial charge in [0.2, 0.25) is 5.91 Å². The molecule has 3 N–H and O–H groups in total. The van der Waals surface area contributed by atoms with Gasteiger partial charge in [-0.05, 0) is 23.6 Å². The zero-order valence-corrected chi connectivity index (χ0v) is 13.9. The minimum atomic E-state index is -1.17. The molecule has 0 spiro atoms. The van der Waals surface area contributed by atoms with Crippen molar-refractivity contribution in [3.63, 3.8) is 0 Å². The van der Waals surface area contributed by atoms with E-state index in [2.05, 4.69) is 5.32 Å². The summed E-state index contributed by atoms with van der Waals surface area (Å²) in [6.07, 6.45) is 0.113. The topological polar surface area (TPSA) is 72.2 Å². The maximum Gasteiger partial charge on any atom is 0.225 e. The van der Waals surface area contributed by atoms with Gasteiger partial charge in [0.1, 0.15) is 0 Å². The Kier molecular flexibility index (Phi) is 5.64. The fraction of sp³-hybridized carbons (Fsp3) is 0.154. The first-order valence-electron chi connectivity index (χ1n) is 5.93. The summed E-state index contributed by atoms with van der Waals surface area (Å²) >= 11 is 13.4. The number of nitrogen functional groups attached to an aromatic ring is 1. The zero-order chi connectivity index (χ0) is 15.4. The smallest absolute Gasteiger partial charge is 0.225 e. The van der Waals surface area contributed by atoms with E-state index in [4.69, 9.17) is 28.9 Å². The number of thiophene rings is 1. The van der Waals surface area contributed by atoms with Gasteiger partial charge in [-0.3, -0.25) is 9.00 Å². The number of hydrogen-bond acceptors (Lipinski definition) is 4. The number of nitrogens with two attached hydrogens (primary N) is 1. The first-order chi connectivity index (χ1) is 9.97. The monoisotopic (exact) mass is 362 g/mol. The van der Waals surface area contributed by atoms with Gasteiger partial charge in [-0.25, -0.2) is 0 Å². The van der Waals surface area contributed by atoms with Crippen molar-refractivity contribution < 1.29 is 9.00 Å². The summed E-state index contributed by atoms with van der Waals surface area (Å²) < 4.78 is 12.7. The van der Waals surface area contributed by atoms with E-state index in [1.54, 1.807) is 6.07 Å². The van der Waals surface area contributed by atoms with E-state index in [9.17, 15) is 9.00 Å². The van der Waals surface area contributed by atoms with Gasteiger partial charge in [0.25, 0.3) is 0 Å². The van der Waals surface area contributed by atoms with Gasteiger partial charge in [-0.15, -0.1) is 11.3 Å². The van der Waals surface area contributed by atoms with Crippen LogP contribution in [0.4, 0.5) is 11.4 Å². The van der Waals surface area contributed by atoms with Gasteiger partial charge in [-0.2, -0.15) is 0 Å². The highest BCUT2D eigenvalue weighted by atomic mass is 35.5. The number of benzene rings is 1. The third-order valence-electron chi connectivity index (χ3n) is 2.56. The summed E-state index contributed by atoms with van der Waals surface area (Å²) in [7, 11) is -1.17. The lowest BCUT2D eigenvalue weighted by Crippen LogP contribution is -2.15. The molecule has 8 heteroatoms. The van der Waals surface area contributed by atoms with Crippen LogP contribution in [0.25, 0.3) is 0 Å². The minimum Gasteiger partial charge on any atom is -0.399 e. The quantitative estimate of drug-likeness (QED) is 0.795. The zero-order valence-electron chi connectivity index (χ0n) is 10.8. The number of hydrogen-bond donors (Lipinski definition) is 2. The van der Waals surface area contributed by atoms with Crippen molar-refractivity contribution in [3.8, 4) is 0 Å². The van der Waals surface area contributed by atoms with Crippen molar-refractivity contribution in [2.24, 2.45) is 0 Å². The Morgan fingerprint density at radius 1 is 1.33 bits per heavy atom. The molecule has 0 saturated carbocycles. The van der Waals surface area contributed by atoms with Crippen LogP contribution in [-0.4, -0.2) is 15.9 Å². The van der Waals surface area contributed by atoms with Crippen molar-refractivity contribution in [3.05, 3.63) is 39.7 Å². The van der Waals surface area contributed by atoms with Gasteiger partial charge in [0, 0.05) is 17.9 Å². The molecule has 0 bridgehead atoms. The van der Waals surface area contributed by atoms with Crippen LogP contribution in [0.15, 0.2) is 33.9 Å². The molecule has 0 radical (unpaired) electrons. The van der Waals surface area contributed by atoms with Gasteiger partial charge in [0.05, 0.1) is 30.7 Å². The highest BCUT2D eigenvalue weighted by Crippen LogP contribution is 2.32. The van der Waals surface area contributed by atoms with Crippen LogP contribution >= 0.6 is 34.5 Å². The Morgan fingerprint density at radius 2 is 2.00 bits per heavy atom. The van der Waals surface area contributed by atoms with Crippen LogP contribution in [0.1, 0.15) is 6.42 Å². The molecule has 2 rings (SSSR count). The van der Waals surface area contributed by atoms with E-state index in [1.165, 1.54) is 23.5 Å². The standard InChI is InChI=1S/C13H12Cl2N2O2S2/c14-9-6-8(16)7-10(15)13(9)17-11(18)3-5-21(19)12-2-1-4-20-12/h1-2,4,6-7H,3,5,16H2,(H,17,18). The second kappa shape index (κ2) is 7.26. The molecule has 4 nitrogen and oxygen atoms in total. The maximum absolute atomic E-state index is 11.9. The Labute approximate surface area is 138 Å². The molecular weight excluding hydrogens is 351 g/mol. The average molecular weight is 363 g/mol. The normalized spacial score (nSPS) is 12.1. The molecule has 2 aromatic rings. The Hall–Kier alpha value is -1.08. The minimum absolute atomic E-state index is 0.113. The number of anilines is 2. The first kappa shape index (κ1) is 16.3. The summed E-state index contributed by atoms with van der Waals surface area (Å²) in [5.74, 6) is -0.0511. The third-order valence-corrected chi connectivity index (χ3v) is 5.83. The Morgan fingerprint density at radius 3 is 2.57 bits per heavy atom. The average Bonchev–Trinajstić information content (AvgIpc) is 2.94. The molecule has 1 atom stereocenters. The molecule has 112 valence electrons. The van der Waals surface area contributed by atoms with Gasteiger partial charge < -0.3 is 11.1 Å². The number of amides is 1. The van der Waals surface area contributed by atoms with Crippen molar-refractivity contribution in [1.82, 2.24) is 0 Å². The Bertz CT molecular complexity index is 652. The van der Waals surface area contributed by atoms with E-state index in [-0.39, 0.29) is 28.1 Å². The highest BCUT2D eigenvalue weighted by Gasteiger charge is 2.13. The SMILES string of the molecule is Nc1cc(Cl)c(NC(=O)CCS(=O)c2cccs2)c(Cl)c1. The highest BCUT2D eigenvalue weighted by molar-refractivity contribution is 7.87. The first-order valence-corrected chi connectivity index (χ1v) is 8.89. The van der Waals surface area contributed by atoms with Crippen LogP contribution in [-0.2, 0) is 15.6 Å². The molecular formula is C13H12Cl2N2O2S2. The number of rotatable bonds is 5. The molecule has 21 heavy (non-hydrogen) atoms. The van der Waals surface area contributed by atoms with Crippen molar-refractivity contribution >= 4 is 62.6 Å². The predicted molar refractivity (Wildman–Crippen MR) is 89.7 cm³/mol. The molecule has 0 aliphatic carbocycles. The van der Waals surface area contributed by atoms with E-state index < -0.39 is 10.8 Å². The van der Waals surface area contributed by atoms with Crippen molar-refractivity contribution in [1.29, 1.82) is 0 Å². The summed E-state index contributed by atoms with van der Waals surface area (Å²) in [4.78, 5) is 11.9. The van der Waals surface area contributed by atoms with Crippen molar-refractivity contribution in [2.45, 2.75) is 10.6 Å². The molecule has 1 aromatic heterocycles. The second-order valence-electron chi connectivity index (χ2n) is 4.14. The van der Waals surface area contributed by atoms with Crippen LogP contribution in [0.3, 0.4) is 0 Å². The third kappa shape index (κ3) is 4.44. The predicted octanol–water partition coefficient (Wildman–Crippen LogP) is 3.77. The molecule has 0 aliphatic rings. The lowest BCUT2D eigenvalue weighted by Gasteiger charge is -2.10. The van der Waals surface area contributed by atoms with Crippen LogP contribution in [0.5, 0.6) is 0 Å². The number of nitrogens with one attached hydrogen (secondary N) is 1. The molecule has 0 fully saturated rings. The molecule has 1 aromatic carbocycles. The van der Waals surface area contributed by atoms with Gasteiger partial charge >= 0.3 is 0 Å².